The maximum atomic E-state index is 10.1. The molecule has 0 radical (unpaired) electrons. The molecule has 0 aliphatic rings. The number of carbonyl (C=O) groups excluding carboxylic acids is 1. The van der Waals surface area contributed by atoms with Crippen molar-refractivity contribution < 1.29 is 4.79 Å². The molecule has 0 rings (SSSR count). The van der Waals surface area contributed by atoms with Crippen molar-refractivity contribution in [2.45, 2.75) is 40.5 Å². The number of rotatable bonds is 4. The van der Waals surface area contributed by atoms with E-state index in [2.05, 4.69) is 38.8 Å². The smallest absolute Gasteiger partial charge is 0.211 e. The fraction of sp³-hybridized carbons (Fsp3) is 0.583. The molecule has 14 heavy (non-hydrogen) atoms. The molecule has 0 N–H and O–H groups in total. The van der Waals surface area contributed by atoms with Gasteiger partial charge >= 0.3 is 0 Å². The van der Waals surface area contributed by atoms with E-state index in [1.54, 1.807) is 6.08 Å². The summed E-state index contributed by atoms with van der Waals surface area (Å²) in [6, 6.07) is 0. The average Bonchev–Trinajstić information content (AvgIpc) is 2.02. The summed E-state index contributed by atoms with van der Waals surface area (Å²) in [5.74, 6) is 0. The molecule has 78 valence electrons. The van der Waals surface area contributed by atoms with Crippen LogP contribution in [0.1, 0.15) is 40.5 Å². The van der Waals surface area contributed by atoms with E-state index in [9.17, 15) is 4.79 Å². The molecule has 0 aromatic carbocycles. The Morgan fingerprint density at radius 1 is 1.43 bits per heavy atom. The molecule has 0 atom stereocenters. The maximum absolute atomic E-state index is 10.1. The molecule has 0 amide bonds. The van der Waals surface area contributed by atoms with E-state index in [1.165, 1.54) is 0 Å². The molecule has 0 unspecified atom stereocenters. The minimum atomic E-state index is 0.165. The Hall–Kier alpha value is -1.14. The van der Waals surface area contributed by atoms with Crippen LogP contribution >= 0.6 is 0 Å². The highest BCUT2D eigenvalue weighted by Crippen LogP contribution is 2.15. The second-order valence-corrected chi connectivity index (χ2v) is 4.34. The van der Waals surface area contributed by atoms with Crippen LogP contribution in [0.2, 0.25) is 0 Å². The van der Waals surface area contributed by atoms with Crippen LogP contribution in [-0.4, -0.2) is 6.08 Å². The summed E-state index contributed by atoms with van der Waals surface area (Å²) >= 11 is 0. The van der Waals surface area contributed by atoms with Gasteiger partial charge in [-0.3, -0.25) is 0 Å². The predicted octanol–water partition coefficient (Wildman–Crippen LogP) is 3.61. The zero-order valence-corrected chi connectivity index (χ0v) is 9.50. The molecule has 0 saturated carbocycles. The summed E-state index contributed by atoms with van der Waals surface area (Å²) in [7, 11) is 0. The van der Waals surface area contributed by atoms with Crippen LogP contribution in [0, 0.1) is 5.41 Å². The lowest BCUT2D eigenvalue weighted by atomic mass is 9.96. The second-order valence-electron chi connectivity index (χ2n) is 4.34. The molecule has 0 saturated heterocycles. The van der Waals surface area contributed by atoms with Crippen molar-refractivity contribution in [3.8, 4) is 0 Å². The van der Waals surface area contributed by atoms with Crippen LogP contribution < -0.4 is 0 Å². The minimum Gasteiger partial charge on any atom is -0.211 e. The van der Waals surface area contributed by atoms with Crippen LogP contribution in [0.4, 0.5) is 0 Å². The van der Waals surface area contributed by atoms with E-state index >= 15 is 0 Å². The number of aliphatic imine (C=N–C) groups is 1. The zero-order valence-electron chi connectivity index (χ0n) is 9.50. The fourth-order valence-electron chi connectivity index (χ4n) is 0.939. The Kier molecular flexibility index (Phi) is 5.82. The molecule has 2 heteroatoms. The van der Waals surface area contributed by atoms with Crippen LogP contribution in [0.5, 0.6) is 0 Å². The molecule has 0 aliphatic heterocycles. The number of nitrogens with zero attached hydrogens (tertiary/aromatic N) is 1. The van der Waals surface area contributed by atoms with Gasteiger partial charge < -0.3 is 0 Å². The monoisotopic (exact) mass is 193 g/mol. The van der Waals surface area contributed by atoms with Gasteiger partial charge in [-0.2, -0.15) is 4.99 Å². The maximum Gasteiger partial charge on any atom is 0.240 e. The molecular formula is C12H19NO. The highest BCUT2D eigenvalue weighted by molar-refractivity contribution is 5.37. The van der Waals surface area contributed by atoms with Crippen LogP contribution in [0.3, 0.4) is 0 Å². The SMILES string of the molecule is CCC/C(=C\C=C\C(C)(C)C)N=C=O. The first-order valence-electron chi connectivity index (χ1n) is 4.96. The summed E-state index contributed by atoms with van der Waals surface area (Å²) in [5, 5.41) is 0. The van der Waals surface area contributed by atoms with Gasteiger partial charge in [-0.1, -0.05) is 46.3 Å². The fourth-order valence-corrected chi connectivity index (χ4v) is 0.939. The Bertz CT molecular complexity index is 263. The first kappa shape index (κ1) is 12.9. The molecular weight excluding hydrogens is 174 g/mol. The third kappa shape index (κ3) is 7.51. The van der Waals surface area contributed by atoms with Crippen molar-refractivity contribution in [2.24, 2.45) is 10.4 Å². The normalized spacial score (nSPS) is 13.0. The molecule has 0 fully saturated rings. The van der Waals surface area contributed by atoms with Gasteiger partial charge in [0, 0.05) is 0 Å². The molecule has 2 nitrogen and oxygen atoms in total. The summed E-state index contributed by atoms with van der Waals surface area (Å²) in [5.41, 5.74) is 0.960. The lowest BCUT2D eigenvalue weighted by Crippen LogP contribution is -1.97. The average molecular weight is 193 g/mol. The summed E-state index contributed by atoms with van der Waals surface area (Å²) in [4.78, 5) is 13.7. The van der Waals surface area contributed by atoms with Gasteiger partial charge in [0.25, 0.3) is 0 Å². The lowest BCUT2D eigenvalue weighted by molar-refractivity contribution is 0.544. The Balaban J connectivity index is 4.44. The lowest BCUT2D eigenvalue weighted by Gasteiger charge is -2.10. The van der Waals surface area contributed by atoms with Crippen molar-refractivity contribution in [3.63, 3.8) is 0 Å². The van der Waals surface area contributed by atoms with Gasteiger partial charge in [-0.25, -0.2) is 4.79 Å². The van der Waals surface area contributed by atoms with Crippen molar-refractivity contribution in [3.05, 3.63) is 23.9 Å². The van der Waals surface area contributed by atoms with Crippen molar-refractivity contribution >= 4 is 6.08 Å². The third-order valence-electron chi connectivity index (χ3n) is 1.58. The molecule has 0 aromatic heterocycles. The largest absolute Gasteiger partial charge is 0.240 e. The van der Waals surface area contributed by atoms with Gasteiger partial charge in [-0.05, 0) is 17.9 Å². The first-order chi connectivity index (χ1) is 6.49. The van der Waals surface area contributed by atoms with Gasteiger partial charge in [-0.15, -0.1) is 0 Å². The summed E-state index contributed by atoms with van der Waals surface area (Å²) in [6.45, 7) is 8.43. The molecule has 0 spiro atoms. The summed E-state index contributed by atoms with van der Waals surface area (Å²) < 4.78 is 0. The highest BCUT2D eigenvalue weighted by Gasteiger charge is 2.02. The minimum absolute atomic E-state index is 0.165. The molecule has 0 heterocycles. The van der Waals surface area contributed by atoms with Crippen LogP contribution in [-0.2, 0) is 4.79 Å². The highest BCUT2D eigenvalue weighted by atomic mass is 16.1. The Morgan fingerprint density at radius 3 is 2.50 bits per heavy atom. The van der Waals surface area contributed by atoms with Crippen LogP contribution in [0.25, 0.3) is 0 Å². The van der Waals surface area contributed by atoms with E-state index in [0.29, 0.717) is 0 Å². The van der Waals surface area contributed by atoms with E-state index in [4.69, 9.17) is 0 Å². The van der Waals surface area contributed by atoms with E-state index in [-0.39, 0.29) is 5.41 Å². The van der Waals surface area contributed by atoms with Crippen molar-refractivity contribution in [2.75, 3.05) is 0 Å². The van der Waals surface area contributed by atoms with Gasteiger partial charge in [0.2, 0.25) is 6.08 Å². The van der Waals surface area contributed by atoms with E-state index in [1.807, 2.05) is 12.2 Å². The number of allylic oxidation sites excluding steroid dienone is 4. The molecule has 0 aliphatic carbocycles. The quantitative estimate of drug-likeness (QED) is 0.381. The van der Waals surface area contributed by atoms with Crippen LogP contribution in [0.15, 0.2) is 28.9 Å². The number of hydrogen-bond acceptors (Lipinski definition) is 2. The standard InChI is InChI=1S/C12H19NO/c1-5-7-11(13-10-14)8-6-9-12(2,3)4/h6,8-9H,5,7H2,1-4H3/b9-6+,11-8+. The Morgan fingerprint density at radius 2 is 2.07 bits per heavy atom. The predicted molar refractivity (Wildman–Crippen MR) is 59.7 cm³/mol. The van der Waals surface area contributed by atoms with Crippen molar-refractivity contribution in [1.29, 1.82) is 0 Å². The Labute approximate surface area is 86.4 Å². The van der Waals surface area contributed by atoms with Gasteiger partial charge in [0.1, 0.15) is 0 Å². The van der Waals surface area contributed by atoms with Gasteiger partial charge in [0.05, 0.1) is 5.70 Å². The van der Waals surface area contributed by atoms with Gasteiger partial charge in [0.15, 0.2) is 0 Å². The zero-order chi connectivity index (χ0) is 11.0. The molecule has 0 aromatic rings. The van der Waals surface area contributed by atoms with Crippen molar-refractivity contribution in [1.82, 2.24) is 0 Å². The first-order valence-corrected chi connectivity index (χ1v) is 4.96. The summed E-state index contributed by atoms with van der Waals surface area (Å²) in [6.07, 6.45) is 9.29. The van der Waals surface area contributed by atoms with E-state index in [0.717, 1.165) is 18.5 Å². The molecule has 0 bridgehead atoms. The van der Waals surface area contributed by atoms with E-state index < -0.39 is 0 Å². The second kappa shape index (κ2) is 6.33. The number of isocyanates is 1. The topological polar surface area (TPSA) is 29.4 Å². The third-order valence-corrected chi connectivity index (χ3v) is 1.58. The number of hydrogen-bond donors (Lipinski definition) is 0.